The molecule has 0 spiro atoms. The van der Waals surface area contributed by atoms with Gasteiger partial charge in [0.05, 0.1) is 0 Å². The molecule has 0 radical (unpaired) electrons. The Kier molecular flexibility index (Phi) is 15.4. The molecule has 0 unspecified atom stereocenters. The van der Waals surface area contributed by atoms with Crippen molar-refractivity contribution in [2.45, 2.75) is 72.5 Å². The summed E-state index contributed by atoms with van der Waals surface area (Å²) in [5.41, 5.74) is 0. The van der Waals surface area contributed by atoms with Crippen molar-refractivity contribution >= 4 is 27.6 Å². The number of carboxylic acids is 1. The summed E-state index contributed by atoms with van der Waals surface area (Å²) in [4.78, 5) is 20.4. The van der Waals surface area contributed by atoms with Crippen LogP contribution < -0.4 is 5.11 Å². The number of rotatable bonds is 9. The van der Waals surface area contributed by atoms with Crippen molar-refractivity contribution in [3.05, 3.63) is 0 Å². The number of aliphatic carboxylic acids is 1. The van der Waals surface area contributed by atoms with E-state index in [0.29, 0.717) is 18.6 Å². The fourth-order valence-electron chi connectivity index (χ4n) is 0.878. The third-order valence-corrected chi connectivity index (χ3v) is 3.12. The molecule has 0 aliphatic carbocycles. The average molecular weight is 288 g/mol. The van der Waals surface area contributed by atoms with E-state index in [1.54, 1.807) is 0 Å². The Labute approximate surface area is 123 Å². The standard InChI is InChI=1S/C7H12O3.2C3H7O.Al/c1-2-3-4-6(8)5-7(9)10;2*1-3(2)4;/h2-5H2,1H3,(H,9,10);2*3H,1-2H3;/q;2*-1;+3/p-1. The van der Waals surface area contributed by atoms with Gasteiger partial charge in [0.25, 0.3) is 0 Å². The molecular weight excluding hydrogens is 263 g/mol. The van der Waals surface area contributed by atoms with Crippen LogP contribution in [0.1, 0.15) is 60.3 Å². The maximum absolute atomic E-state index is 10.6. The van der Waals surface area contributed by atoms with Gasteiger partial charge >= 0.3 is 63.4 Å². The quantitative estimate of drug-likeness (QED) is 0.471. The predicted octanol–water partition coefficient (Wildman–Crippen LogP) is 1.26. The van der Waals surface area contributed by atoms with Crippen molar-refractivity contribution in [3.63, 3.8) is 0 Å². The number of unbranched alkanes of at least 4 members (excludes halogenated alkanes) is 1. The van der Waals surface area contributed by atoms with Gasteiger partial charge < -0.3 is 9.90 Å². The van der Waals surface area contributed by atoms with E-state index in [9.17, 15) is 14.7 Å². The van der Waals surface area contributed by atoms with Gasteiger partial charge in [0, 0.05) is 18.8 Å². The minimum Gasteiger partial charge on any atom is -0.550 e. The van der Waals surface area contributed by atoms with Gasteiger partial charge in [-0.3, -0.25) is 4.79 Å². The molecule has 0 amide bonds. The molecule has 110 valence electrons. The Morgan fingerprint density at radius 3 is 1.89 bits per heavy atom. The van der Waals surface area contributed by atoms with Crippen LogP contribution in [0.15, 0.2) is 0 Å². The second-order valence-electron chi connectivity index (χ2n) is 4.66. The molecule has 0 heterocycles. The van der Waals surface area contributed by atoms with Crippen LogP contribution in [-0.4, -0.2) is 39.8 Å². The summed E-state index contributed by atoms with van der Waals surface area (Å²) in [5.74, 6) is -1.51. The van der Waals surface area contributed by atoms with Crippen LogP contribution >= 0.6 is 0 Å². The first kappa shape index (κ1) is 20.9. The maximum Gasteiger partial charge on any atom is 0.138 e. The number of carboxylic acid groups (broad SMARTS) is 1. The summed E-state index contributed by atoms with van der Waals surface area (Å²) in [7, 11) is 0. The zero-order chi connectivity index (χ0) is 15.3. The Morgan fingerprint density at radius 2 is 1.58 bits per heavy atom. The molecule has 0 bridgehead atoms. The smallest absolute Gasteiger partial charge is 0.138 e. The minimum absolute atomic E-state index is 0.234. The summed E-state index contributed by atoms with van der Waals surface area (Å²) >= 11 is -0.245. The molecule has 0 N–H and O–H groups in total. The monoisotopic (exact) mass is 288 g/mol. The number of Topliss-reactive ketones (excluding diaryl/α,β-unsaturated/α-hetero) is 1. The summed E-state index contributed by atoms with van der Waals surface area (Å²) < 4.78 is 10.4. The molecule has 0 atom stereocenters. The van der Waals surface area contributed by atoms with Crippen LogP contribution in [0.5, 0.6) is 0 Å². The van der Waals surface area contributed by atoms with Crippen molar-refractivity contribution in [2.75, 3.05) is 0 Å². The second kappa shape index (κ2) is 14.0. The molecule has 0 aliphatic heterocycles. The van der Waals surface area contributed by atoms with E-state index < -0.39 is 12.4 Å². The molecule has 0 aromatic carbocycles. The van der Waals surface area contributed by atoms with Crippen LogP contribution in [0.4, 0.5) is 0 Å². The summed E-state index contributed by atoms with van der Waals surface area (Å²) in [6, 6.07) is 0. The third kappa shape index (κ3) is 23.2. The second-order valence-corrected chi connectivity index (χ2v) is 5.39. The summed E-state index contributed by atoms with van der Waals surface area (Å²) in [6.45, 7) is 9.99. The number of carbonyl (C=O) groups is 2. The Bertz CT molecular complexity index is 233. The van der Waals surface area contributed by atoms with E-state index in [-0.39, 0.29) is 21.7 Å². The first-order chi connectivity index (χ1) is 8.79. The molecule has 0 aromatic heterocycles. The predicted molar refractivity (Wildman–Crippen MR) is 72.4 cm³/mol. The first-order valence-electron chi connectivity index (χ1n) is 6.63. The fraction of sp³-hybridized carbons (Fsp3) is 0.846. The van der Waals surface area contributed by atoms with Gasteiger partial charge in [-0.15, -0.1) is 0 Å². The SMILES string of the molecule is CC(C)[O][Al+][O]C(C)C.CCCCC(=O)CC(=O)[O-]. The van der Waals surface area contributed by atoms with Crippen molar-refractivity contribution in [1.29, 1.82) is 0 Å². The van der Waals surface area contributed by atoms with E-state index in [1.165, 1.54) is 0 Å². The van der Waals surface area contributed by atoms with E-state index in [2.05, 4.69) is 0 Å². The van der Waals surface area contributed by atoms with Gasteiger partial charge in [-0.1, -0.05) is 13.3 Å². The largest absolute Gasteiger partial charge is 0.550 e. The maximum atomic E-state index is 10.6. The van der Waals surface area contributed by atoms with E-state index in [1.807, 2.05) is 34.6 Å². The zero-order valence-corrected chi connectivity index (χ0v) is 13.8. The molecule has 0 saturated heterocycles. The molecule has 0 saturated carbocycles. The van der Waals surface area contributed by atoms with Gasteiger partial charge in [0.2, 0.25) is 0 Å². The zero-order valence-electron chi connectivity index (χ0n) is 12.6. The summed E-state index contributed by atoms with van der Waals surface area (Å²) in [5, 5.41) is 9.84. The molecule has 0 fully saturated rings. The van der Waals surface area contributed by atoms with Gasteiger partial charge in [0.15, 0.2) is 0 Å². The normalized spacial score (nSPS) is 9.84. The topological polar surface area (TPSA) is 75.7 Å². The summed E-state index contributed by atoms with van der Waals surface area (Å²) in [6.07, 6.45) is 2.23. The Morgan fingerprint density at radius 1 is 1.11 bits per heavy atom. The molecule has 19 heavy (non-hydrogen) atoms. The van der Waals surface area contributed by atoms with Crippen LogP contribution in [0.3, 0.4) is 0 Å². The van der Waals surface area contributed by atoms with Gasteiger partial charge in [0.1, 0.15) is 5.78 Å². The first-order valence-corrected chi connectivity index (χ1v) is 7.58. The number of hydrogen-bond acceptors (Lipinski definition) is 5. The van der Waals surface area contributed by atoms with E-state index in [4.69, 9.17) is 7.58 Å². The van der Waals surface area contributed by atoms with Gasteiger partial charge in [-0.05, 0) is 6.42 Å². The Balaban J connectivity index is 0. The average Bonchev–Trinajstić information content (AvgIpc) is 2.25. The molecule has 0 rings (SSSR count). The molecule has 5 nitrogen and oxygen atoms in total. The Hall–Kier alpha value is -0.408. The number of carbonyl (C=O) groups excluding carboxylic acids is 2. The fourth-order valence-corrected chi connectivity index (χ4v) is 1.39. The van der Waals surface area contributed by atoms with E-state index in [0.717, 1.165) is 12.8 Å². The number of ketones is 1. The molecular formula is C13H25AlO5. The number of hydrogen-bond donors (Lipinski definition) is 0. The van der Waals surface area contributed by atoms with E-state index >= 15 is 0 Å². The van der Waals surface area contributed by atoms with Gasteiger partial charge in [-0.25, -0.2) is 0 Å². The van der Waals surface area contributed by atoms with Crippen molar-refractivity contribution < 1.29 is 22.3 Å². The molecule has 0 aliphatic rings. The third-order valence-electron chi connectivity index (χ3n) is 1.81. The van der Waals surface area contributed by atoms with Crippen LogP contribution in [0.25, 0.3) is 0 Å². The molecule has 0 aromatic rings. The molecule has 6 heteroatoms. The van der Waals surface area contributed by atoms with Crippen molar-refractivity contribution in [1.82, 2.24) is 0 Å². The van der Waals surface area contributed by atoms with Crippen molar-refractivity contribution in [2.24, 2.45) is 0 Å². The van der Waals surface area contributed by atoms with Crippen LogP contribution in [0, 0.1) is 0 Å². The van der Waals surface area contributed by atoms with Gasteiger partial charge in [-0.2, -0.15) is 0 Å². The van der Waals surface area contributed by atoms with Crippen LogP contribution in [-0.2, 0) is 17.2 Å². The minimum atomic E-state index is -1.28. The van der Waals surface area contributed by atoms with Crippen molar-refractivity contribution in [3.8, 4) is 0 Å². The van der Waals surface area contributed by atoms with Crippen LogP contribution in [0.2, 0.25) is 0 Å².